The van der Waals surface area contributed by atoms with E-state index in [-0.39, 0.29) is 62.3 Å². The molecule has 0 bridgehead atoms. The summed E-state index contributed by atoms with van der Waals surface area (Å²) in [6, 6.07) is 18.5. The van der Waals surface area contributed by atoms with E-state index in [1.807, 2.05) is 34.9 Å². The lowest BCUT2D eigenvalue weighted by atomic mass is 9.99. The first-order valence-corrected chi connectivity index (χ1v) is 20.5. The lowest BCUT2D eigenvalue weighted by molar-refractivity contribution is -0.118. The highest BCUT2D eigenvalue weighted by Gasteiger charge is 2.33. The molecule has 7 rings (SSSR count). The first kappa shape index (κ1) is 42.8. The second-order valence-corrected chi connectivity index (χ2v) is 15.3. The van der Waals surface area contributed by atoms with Gasteiger partial charge in [0.15, 0.2) is 11.6 Å². The summed E-state index contributed by atoms with van der Waals surface area (Å²) in [5, 5.41) is 9.16. The van der Waals surface area contributed by atoms with Crippen LogP contribution in [0.25, 0.3) is 0 Å². The third kappa shape index (κ3) is 11.0. The average molecular weight is 809 g/mol. The Morgan fingerprint density at radius 2 is 1.27 bits per heavy atom. The van der Waals surface area contributed by atoms with E-state index in [0.717, 1.165) is 43.6 Å². The number of Topliss-reactive ketones (excluding diaryl/α,β-unsaturated/α-hetero) is 2. The summed E-state index contributed by atoms with van der Waals surface area (Å²) in [7, 11) is 0. The number of ketones is 2. The highest BCUT2D eigenvalue weighted by Crippen LogP contribution is 2.37. The van der Waals surface area contributed by atoms with Crippen molar-refractivity contribution in [3.05, 3.63) is 81.9 Å². The predicted molar refractivity (Wildman–Crippen MR) is 234 cm³/mol. The number of unbranched alkanes of at least 4 members (excludes halogenated alkanes) is 2. The number of nitriles is 1. The second kappa shape index (κ2) is 20.7. The average Bonchev–Trinajstić information content (AvgIpc) is 3.77. The summed E-state index contributed by atoms with van der Waals surface area (Å²) >= 11 is 0. The Morgan fingerprint density at radius 3 is 1.76 bits per heavy atom. The van der Waals surface area contributed by atoms with Gasteiger partial charge in [-0.05, 0) is 81.4 Å². The molecule has 2 aromatic carbocycles. The maximum atomic E-state index is 12.5. The monoisotopic (exact) mass is 809 g/mol. The van der Waals surface area contributed by atoms with Crippen LogP contribution in [-0.2, 0) is 29.0 Å². The highest BCUT2D eigenvalue weighted by atomic mass is 16.5. The Labute approximate surface area is 352 Å². The minimum Gasteiger partial charge on any atom is -0.463 e. The van der Waals surface area contributed by atoms with E-state index < -0.39 is 0 Å². The number of nitrogens with two attached hydrogens (primary N) is 2. The number of fused-ring (bicyclic) bond motifs is 2. The van der Waals surface area contributed by atoms with Crippen molar-refractivity contribution in [2.24, 2.45) is 0 Å². The number of hydrogen-bond acceptors (Lipinski definition) is 14. The Balaban J connectivity index is 0.000000256. The fraction of sp³-hybridized carbons (Fsp3) is 0.489. The van der Waals surface area contributed by atoms with Gasteiger partial charge in [-0.1, -0.05) is 70.5 Å². The molecule has 0 amide bonds. The summed E-state index contributed by atoms with van der Waals surface area (Å²) in [5.41, 5.74) is 17.6. The zero-order valence-electron chi connectivity index (χ0n) is 36.2. The van der Waals surface area contributed by atoms with Crippen molar-refractivity contribution in [1.29, 1.82) is 5.26 Å². The van der Waals surface area contributed by atoms with Gasteiger partial charge in [0, 0.05) is 33.5 Å². The zero-order chi connectivity index (χ0) is 43.2. The van der Waals surface area contributed by atoms with Gasteiger partial charge < -0.3 is 30.7 Å². The van der Waals surface area contributed by atoms with Crippen molar-refractivity contribution in [2.75, 3.05) is 60.7 Å². The number of nitrogens with zero attached hydrogens (tertiary/aromatic N) is 8. The number of carbonyl (C=O) groups excluding carboxylic acids is 2. The first-order chi connectivity index (χ1) is 29.1. The standard InChI is InChI=1S/C24H33N5O2.C20H23N5O2.CH4.H2/c1-3-4-12-31-24-26-22(25)21-14-20(30)16-29(23(21)27-24)17(2)19-9-7-8-18(13-19)15-28-10-5-6-11-28;1-3-4-8-27-20-23-18(22)17-10-16(26)12-25(19(17)24-20)13(2)15-7-5-6-14(9-15)11-21;;/h7-9,13,17H,3-6,10-12,14-16H2,1-2H3,(H2,25,26,27);5-7,9,13H,3-4,8,10,12H2,1-2H3,(H2,22,23,24);1H4;1H/i;;;1+1D. The third-order valence-electron chi connectivity index (χ3n) is 10.9. The maximum Gasteiger partial charge on any atom is 0.320 e. The predicted octanol–water partition coefficient (Wildman–Crippen LogP) is 7.21. The van der Waals surface area contributed by atoms with Crippen LogP contribution >= 0.6 is 0 Å². The van der Waals surface area contributed by atoms with E-state index in [4.69, 9.17) is 29.2 Å². The van der Waals surface area contributed by atoms with Crippen molar-refractivity contribution < 1.29 is 22.0 Å². The minimum absolute atomic E-state index is 0. The van der Waals surface area contributed by atoms with Crippen molar-refractivity contribution in [3.8, 4) is 18.1 Å². The van der Waals surface area contributed by atoms with Gasteiger partial charge in [0.2, 0.25) is 0 Å². The number of hydrogen-bond donors (Lipinski definition) is 2. The molecule has 4 aromatic rings. The number of rotatable bonds is 14. The molecule has 2 atom stereocenters. The molecule has 0 aliphatic carbocycles. The van der Waals surface area contributed by atoms with Crippen LogP contribution in [0.1, 0.15) is 122 Å². The highest BCUT2D eigenvalue weighted by molar-refractivity contribution is 5.92. The molecule has 59 heavy (non-hydrogen) atoms. The Kier molecular flexibility index (Phi) is 15.0. The molecule has 5 heterocycles. The van der Waals surface area contributed by atoms with Crippen molar-refractivity contribution in [1.82, 2.24) is 24.8 Å². The molecule has 0 spiro atoms. The molecule has 1 saturated heterocycles. The SMILES string of the molecule is C.CCCCOc1nc(N)c2c(n1)N(C(C)c1cccc(C#N)c1)CC(=O)C2.CCCCOc1nc(N)c2c(n1)N(C(C)c1cccc(CN3CCCC3)c1)CC(=O)C2.[2H][2H]. The molecule has 0 saturated carbocycles. The number of likely N-dealkylation sites (tertiary alicyclic amines) is 1. The molecule has 0 radical (unpaired) electrons. The maximum absolute atomic E-state index is 12.5. The molecular formula is C45H62N10O4. The zero-order valence-corrected chi connectivity index (χ0v) is 34.2. The molecule has 1 fully saturated rings. The van der Waals surface area contributed by atoms with Crippen molar-refractivity contribution >= 4 is 34.8 Å². The number of carbonyl (C=O) groups is 2. The van der Waals surface area contributed by atoms with Gasteiger partial charge in [-0.15, -0.1) is 0 Å². The first-order valence-electron chi connectivity index (χ1n) is 21.5. The largest absolute Gasteiger partial charge is 0.463 e. The normalized spacial score (nSPS) is 16.0. The topological polar surface area (TPSA) is 190 Å². The number of aromatic nitrogens is 4. The van der Waals surface area contributed by atoms with Crippen LogP contribution in [0, 0.1) is 11.3 Å². The Bertz CT molecular complexity index is 2130. The second-order valence-electron chi connectivity index (χ2n) is 15.3. The lowest BCUT2D eigenvalue weighted by Crippen LogP contribution is -2.39. The molecule has 14 nitrogen and oxygen atoms in total. The quantitative estimate of drug-likeness (QED) is 0.122. The van der Waals surface area contributed by atoms with E-state index in [9.17, 15) is 9.59 Å². The van der Waals surface area contributed by atoms with Gasteiger partial charge in [-0.25, -0.2) is 0 Å². The van der Waals surface area contributed by atoms with Crippen LogP contribution in [0.2, 0.25) is 0 Å². The fourth-order valence-corrected chi connectivity index (χ4v) is 7.55. The van der Waals surface area contributed by atoms with Gasteiger partial charge in [-0.3, -0.25) is 14.5 Å². The van der Waals surface area contributed by atoms with E-state index in [0.29, 0.717) is 54.1 Å². The van der Waals surface area contributed by atoms with Crippen molar-refractivity contribution in [2.45, 2.75) is 105 Å². The van der Waals surface area contributed by atoms with Gasteiger partial charge in [-0.2, -0.15) is 25.2 Å². The van der Waals surface area contributed by atoms with Crippen LogP contribution in [0.5, 0.6) is 12.0 Å². The lowest BCUT2D eigenvalue weighted by Gasteiger charge is -2.35. The summed E-state index contributed by atoms with van der Waals surface area (Å²) in [5.74, 6) is 2.15. The van der Waals surface area contributed by atoms with Crippen LogP contribution in [-0.4, -0.2) is 75.8 Å². The summed E-state index contributed by atoms with van der Waals surface area (Å²) in [6.07, 6.45) is 6.94. The number of anilines is 4. The van der Waals surface area contributed by atoms with E-state index >= 15 is 0 Å². The van der Waals surface area contributed by atoms with Crippen LogP contribution < -0.4 is 30.7 Å². The summed E-state index contributed by atoms with van der Waals surface area (Å²) < 4.78 is 21.4. The summed E-state index contributed by atoms with van der Waals surface area (Å²) in [6.45, 7) is 13.2. The molecule has 14 heteroatoms. The minimum atomic E-state index is -0.154. The van der Waals surface area contributed by atoms with Gasteiger partial charge in [0.25, 0.3) is 0 Å². The smallest absolute Gasteiger partial charge is 0.320 e. The molecular weight excluding hydrogens is 745 g/mol. The van der Waals surface area contributed by atoms with Gasteiger partial charge >= 0.3 is 12.0 Å². The number of benzene rings is 2. The Morgan fingerprint density at radius 1 is 0.780 bits per heavy atom. The van der Waals surface area contributed by atoms with E-state index in [2.05, 4.69) is 75.9 Å². The fourth-order valence-electron chi connectivity index (χ4n) is 7.55. The molecule has 2 aromatic heterocycles. The molecule has 3 aliphatic heterocycles. The van der Waals surface area contributed by atoms with E-state index in [1.165, 1.54) is 37.1 Å². The third-order valence-corrected chi connectivity index (χ3v) is 10.9. The van der Waals surface area contributed by atoms with Gasteiger partial charge in [0.1, 0.15) is 23.3 Å². The van der Waals surface area contributed by atoms with Crippen LogP contribution in [0.15, 0.2) is 48.5 Å². The molecule has 4 N–H and O–H groups in total. The Hall–Kier alpha value is -5.81. The molecule has 2 unspecified atom stereocenters. The summed E-state index contributed by atoms with van der Waals surface area (Å²) in [4.78, 5) is 49.0. The number of nitrogen functional groups attached to an aromatic ring is 2. The molecule has 3 aliphatic rings. The molecule has 316 valence electrons. The van der Waals surface area contributed by atoms with Gasteiger partial charge in [0.05, 0.1) is 50.0 Å². The van der Waals surface area contributed by atoms with E-state index in [1.54, 1.807) is 6.07 Å². The van der Waals surface area contributed by atoms with Crippen LogP contribution in [0.3, 0.4) is 0 Å². The number of ether oxygens (including phenoxy) is 2. The van der Waals surface area contributed by atoms with Crippen molar-refractivity contribution in [3.63, 3.8) is 0 Å². The van der Waals surface area contributed by atoms with Crippen LogP contribution in [0.4, 0.5) is 23.3 Å².